The number of nitro groups is 1. The second kappa shape index (κ2) is 7.20. The quantitative estimate of drug-likeness (QED) is 0.670. The first-order valence-corrected chi connectivity index (χ1v) is 7.75. The van der Waals surface area contributed by atoms with Crippen molar-refractivity contribution in [3.05, 3.63) is 38.9 Å². The van der Waals surface area contributed by atoms with E-state index in [1.165, 1.54) is 0 Å². The lowest BCUT2D eigenvalue weighted by Crippen LogP contribution is -2.45. The lowest BCUT2D eigenvalue weighted by Gasteiger charge is -2.36. The third-order valence-corrected chi connectivity index (χ3v) is 4.16. The zero-order chi connectivity index (χ0) is 15.4. The molecule has 0 spiro atoms. The number of hydrogen-bond acceptors (Lipinski definition) is 4. The number of hydrogen-bond donors (Lipinski definition) is 1. The molecular weight excluding hydrogens is 290 g/mol. The molecule has 1 aromatic carbocycles. The molecule has 0 aliphatic carbocycles. The van der Waals surface area contributed by atoms with Crippen LogP contribution in [-0.4, -0.2) is 36.0 Å². The molecule has 116 valence electrons. The van der Waals surface area contributed by atoms with Crippen LogP contribution in [-0.2, 0) is 0 Å². The molecule has 0 saturated carbocycles. The van der Waals surface area contributed by atoms with Crippen LogP contribution in [0.25, 0.3) is 0 Å². The van der Waals surface area contributed by atoms with Gasteiger partial charge in [0.1, 0.15) is 5.02 Å². The molecule has 5 nitrogen and oxygen atoms in total. The Morgan fingerprint density at radius 1 is 1.38 bits per heavy atom. The molecule has 1 aliphatic heterocycles. The molecule has 2 rings (SSSR count). The molecule has 0 radical (unpaired) electrons. The summed E-state index contributed by atoms with van der Waals surface area (Å²) in [5.74, 6) is 0.527. The van der Waals surface area contributed by atoms with E-state index in [1.807, 2.05) is 6.07 Å². The van der Waals surface area contributed by atoms with Gasteiger partial charge in [-0.15, -0.1) is 0 Å². The fourth-order valence-corrected chi connectivity index (χ4v) is 3.00. The topological polar surface area (TPSA) is 58.4 Å². The summed E-state index contributed by atoms with van der Waals surface area (Å²) in [7, 11) is 0. The summed E-state index contributed by atoms with van der Waals surface area (Å²) in [6.07, 6.45) is 0.985. The number of nitrogens with zero attached hydrogens (tertiary/aromatic N) is 2. The first kappa shape index (κ1) is 16.2. The third kappa shape index (κ3) is 4.15. The van der Waals surface area contributed by atoms with E-state index in [-0.39, 0.29) is 16.8 Å². The van der Waals surface area contributed by atoms with Crippen LogP contribution in [0.2, 0.25) is 5.02 Å². The number of rotatable bonds is 5. The summed E-state index contributed by atoms with van der Waals surface area (Å²) in [5, 5.41) is 14.6. The highest BCUT2D eigenvalue weighted by atomic mass is 35.5. The molecule has 0 amide bonds. The standard InChI is InChI=1S/C15H22ClN3O2/c1-11(2)9-14(18-7-5-17-6-8-18)12-3-4-13(16)15(10-12)19(20)21/h3-4,10-11,14,17H,5-9H2,1-2H3/t14-/m1/s1. The minimum absolute atomic E-state index is 0.00180. The molecule has 1 aromatic rings. The molecular formula is C15H22ClN3O2. The zero-order valence-corrected chi connectivity index (χ0v) is 13.3. The van der Waals surface area contributed by atoms with Gasteiger partial charge in [-0.2, -0.15) is 0 Å². The van der Waals surface area contributed by atoms with Gasteiger partial charge in [-0.25, -0.2) is 0 Å². The Morgan fingerprint density at radius 3 is 2.62 bits per heavy atom. The Bertz CT molecular complexity index is 502. The van der Waals surface area contributed by atoms with Crippen molar-refractivity contribution in [1.82, 2.24) is 10.2 Å². The largest absolute Gasteiger partial charge is 0.314 e. The predicted molar refractivity (Wildman–Crippen MR) is 84.7 cm³/mol. The normalized spacial score (nSPS) is 17.9. The van der Waals surface area contributed by atoms with Gasteiger partial charge in [0.2, 0.25) is 0 Å². The molecule has 1 fully saturated rings. The van der Waals surface area contributed by atoms with Gasteiger partial charge in [-0.1, -0.05) is 31.5 Å². The number of halogens is 1. The van der Waals surface area contributed by atoms with Gasteiger partial charge in [0.25, 0.3) is 5.69 Å². The van der Waals surface area contributed by atoms with Gasteiger partial charge in [0, 0.05) is 38.3 Å². The SMILES string of the molecule is CC(C)C[C@H](c1ccc(Cl)c([N+](=O)[O-])c1)N1CCNCC1. The van der Waals surface area contributed by atoms with Crippen LogP contribution in [0.15, 0.2) is 18.2 Å². The van der Waals surface area contributed by atoms with E-state index < -0.39 is 4.92 Å². The first-order valence-electron chi connectivity index (χ1n) is 7.37. The van der Waals surface area contributed by atoms with E-state index in [4.69, 9.17) is 11.6 Å². The number of nitrogens with one attached hydrogen (secondary N) is 1. The smallest absolute Gasteiger partial charge is 0.288 e. The van der Waals surface area contributed by atoms with Gasteiger partial charge >= 0.3 is 0 Å². The first-order chi connectivity index (χ1) is 9.99. The second-order valence-corrected chi connectivity index (χ2v) is 6.31. The van der Waals surface area contributed by atoms with E-state index in [2.05, 4.69) is 24.1 Å². The molecule has 1 atom stereocenters. The monoisotopic (exact) mass is 311 g/mol. The molecule has 6 heteroatoms. The van der Waals surface area contributed by atoms with Gasteiger partial charge in [-0.05, 0) is 24.0 Å². The lowest BCUT2D eigenvalue weighted by molar-refractivity contribution is -0.384. The summed E-state index contributed by atoms with van der Waals surface area (Å²) in [6.45, 7) is 8.22. The van der Waals surface area contributed by atoms with Crippen molar-refractivity contribution in [3.8, 4) is 0 Å². The highest BCUT2D eigenvalue weighted by molar-refractivity contribution is 6.32. The van der Waals surface area contributed by atoms with Crippen molar-refractivity contribution in [2.75, 3.05) is 26.2 Å². The van der Waals surface area contributed by atoms with Crippen molar-refractivity contribution in [3.63, 3.8) is 0 Å². The van der Waals surface area contributed by atoms with Crippen molar-refractivity contribution < 1.29 is 4.92 Å². The van der Waals surface area contributed by atoms with E-state index >= 15 is 0 Å². The molecule has 1 saturated heterocycles. The average Bonchev–Trinajstić information content (AvgIpc) is 2.46. The Labute approximate surface area is 130 Å². The number of nitro benzene ring substituents is 1. The van der Waals surface area contributed by atoms with Crippen LogP contribution < -0.4 is 5.32 Å². The second-order valence-electron chi connectivity index (χ2n) is 5.90. The molecule has 0 bridgehead atoms. The summed E-state index contributed by atoms with van der Waals surface area (Å²) >= 11 is 5.92. The number of benzene rings is 1. The fraction of sp³-hybridized carbons (Fsp3) is 0.600. The molecule has 0 aromatic heterocycles. The Balaban J connectivity index is 2.31. The average molecular weight is 312 g/mol. The maximum absolute atomic E-state index is 11.1. The summed E-state index contributed by atoms with van der Waals surface area (Å²) in [5.41, 5.74) is 0.986. The lowest BCUT2D eigenvalue weighted by atomic mass is 9.94. The molecule has 1 N–H and O–H groups in total. The maximum atomic E-state index is 11.1. The Kier molecular flexibility index (Phi) is 5.56. The Hall–Kier alpha value is -1.17. The third-order valence-electron chi connectivity index (χ3n) is 3.84. The van der Waals surface area contributed by atoms with Crippen molar-refractivity contribution in [1.29, 1.82) is 0 Å². The van der Waals surface area contributed by atoms with Crippen LogP contribution in [0.5, 0.6) is 0 Å². The molecule has 0 unspecified atom stereocenters. The van der Waals surface area contributed by atoms with Gasteiger partial charge in [0.15, 0.2) is 0 Å². The van der Waals surface area contributed by atoms with Gasteiger partial charge in [0.05, 0.1) is 4.92 Å². The predicted octanol–water partition coefficient (Wildman–Crippen LogP) is 3.24. The van der Waals surface area contributed by atoms with Crippen molar-refractivity contribution in [2.45, 2.75) is 26.3 Å². The van der Waals surface area contributed by atoms with Crippen LogP contribution in [0, 0.1) is 16.0 Å². The van der Waals surface area contributed by atoms with E-state index in [0.29, 0.717) is 5.92 Å². The van der Waals surface area contributed by atoms with Crippen molar-refractivity contribution >= 4 is 17.3 Å². The number of piperazine rings is 1. The zero-order valence-electron chi connectivity index (χ0n) is 12.5. The molecule has 21 heavy (non-hydrogen) atoms. The van der Waals surface area contributed by atoms with Gasteiger partial charge < -0.3 is 5.32 Å². The molecule has 1 heterocycles. The summed E-state index contributed by atoms with van der Waals surface area (Å²) < 4.78 is 0. The maximum Gasteiger partial charge on any atom is 0.288 e. The Morgan fingerprint density at radius 2 is 2.05 bits per heavy atom. The van der Waals surface area contributed by atoms with E-state index in [1.54, 1.807) is 12.1 Å². The van der Waals surface area contributed by atoms with Crippen LogP contribution in [0.1, 0.15) is 31.9 Å². The van der Waals surface area contributed by atoms with E-state index in [9.17, 15) is 10.1 Å². The minimum Gasteiger partial charge on any atom is -0.314 e. The minimum atomic E-state index is -0.407. The van der Waals surface area contributed by atoms with Crippen LogP contribution >= 0.6 is 11.6 Å². The highest BCUT2D eigenvalue weighted by Crippen LogP contribution is 2.33. The summed E-state index contributed by atoms with van der Waals surface area (Å²) in [4.78, 5) is 13.1. The van der Waals surface area contributed by atoms with E-state index in [0.717, 1.165) is 38.2 Å². The van der Waals surface area contributed by atoms with Crippen LogP contribution in [0.3, 0.4) is 0 Å². The van der Waals surface area contributed by atoms with Crippen molar-refractivity contribution in [2.24, 2.45) is 5.92 Å². The molecule has 1 aliphatic rings. The van der Waals surface area contributed by atoms with Crippen LogP contribution in [0.4, 0.5) is 5.69 Å². The fourth-order valence-electron chi connectivity index (χ4n) is 2.81. The van der Waals surface area contributed by atoms with Gasteiger partial charge in [-0.3, -0.25) is 15.0 Å². The highest BCUT2D eigenvalue weighted by Gasteiger charge is 2.25. The summed E-state index contributed by atoms with van der Waals surface area (Å²) in [6, 6.07) is 5.41.